The Morgan fingerprint density at radius 3 is 2.54 bits per heavy atom. The third kappa shape index (κ3) is 5.12. The van der Waals surface area contributed by atoms with Gasteiger partial charge in [-0.1, -0.05) is 12.1 Å². The van der Waals surface area contributed by atoms with Crippen molar-refractivity contribution in [3.63, 3.8) is 0 Å². The zero-order valence-electron chi connectivity index (χ0n) is 14.9. The molecule has 1 unspecified atom stereocenters. The van der Waals surface area contributed by atoms with Crippen LogP contribution in [0.15, 0.2) is 24.3 Å². The molecule has 7 heteroatoms. The van der Waals surface area contributed by atoms with Crippen molar-refractivity contribution >= 4 is 17.7 Å². The lowest BCUT2D eigenvalue weighted by atomic mass is 9.97. The third-order valence-electron chi connectivity index (χ3n) is 4.91. The minimum Gasteiger partial charge on any atom is -0.352 e. The highest BCUT2D eigenvalue weighted by atomic mass is 16.2. The number of nitrogens with one attached hydrogen (secondary N) is 3. The van der Waals surface area contributed by atoms with Crippen molar-refractivity contribution in [2.75, 3.05) is 39.3 Å². The Kier molecular flexibility index (Phi) is 6.35. The molecule has 2 aliphatic rings. The van der Waals surface area contributed by atoms with E-state index in [2.05, 4.69) is 20.9 Å². The predicted molar refractivity (Wildman–Crippen MR) is 97.7 cm³/mol. The number of hydrogen-bond acceptors (Lipinski definition) is 5. The van der Waals surface area contributed by atoms with E-state index in [-0.39, 0.29) is 30.1 Å². The highest BCUT2D eigenvalue weighted by Crippen LogP contribution is 2.17. The molecule has 2 fully saturated rings. The van der Waals surface area contributed by atoms with Crippen LogP contribution < -0.4 is 16.0 Å². The lowest BCUT2D eigenvalue weighted by Gasteiger charge is -2.27. The number of nitrogens with zero attached hydrogens (tertiary/aromatic N) is 1. The van der Waals surface area contributed by atoms with E-state index in [1.54, 1.807) is 12.1 Å². The van der Waals surface area contributed by atoms with Crippen molar-refractivity contribution in [1.29, 1.82) is 0 Å². The molecule has 0 bridgehead atoms. The van der Waals surface area contributed by atoms with Crippen LogP contribution in [0.1, 0.15) is 28.8 Å². The number of carbonyl (C=O) groups excluding carboxylic acids is 3. The quantitative estimate of drug-likeness (QED) is 0.468. The summed E-state index contributed by atoms with van der Waals surface area (Å²) in [5.74, 6) is -0.795. The van der Waals surface area contributed by atoms with E-state index in [1.807, 2.05) is 12.1 Å². The molecule has 3 rings (SSSR count). The summed E-state index contributed by atoms with van der Waals surface area (Å²) in [6.07, 6.45) is 1.70. The average Bonchev–Trinajstić information content (AvgIpc) is 2.97. The predicted octanol–water partition coefficient (Wildman–Crippen LogP) is -0.0831. The minimum atomic E-state index is -0.299. The Morgan fingerprint density at radius 2 is 1.88 bits per heavy atom. The Bertz CT molecular complexity index is 653. The lowest BCUT2D eigenvalue weighted by molar-refractivity contribution is -0.125. The van der Waals surface area contributed by atoms with Crippen molar-refractivity contribution in [2.24, 2.45) is 5.92 Å². The first-order chi connectivity index (χ1) is 12.6. The normalized spacial score (nSPS) is 20.8. The fourth-order valence-electron chi connectivity index (χ4n) is 3.39. The number of rotatable bonds is 7. The summed E-state index contributed by atoms with van der Waals surface area (Å²) in [5, 5.41) is 8.60. The van der Waals surface area contributed by atoms with Crippen LogP contribution in [0.2, 0.25) is 0 Å². The van der Waals surface area contributed by atoms with Crippen molar-refractivity contribution in [3.8, 4) is 0 Å². The van der Waals surface area contributed by atoms with Crippen LogP contribution in [-0.4, -0.2) is 61.9 Å². The van der Waals surface area contributed by atoms with Crippen LogP contribution in [0, 0.1) is 5.92 Å². The summed E-state index contributed by atoms with van der Waals surface area (Å²) in [7, 11) is 0. The molecule has 0 saturated carbocycles. The first-order valence-corrected chi connectivity index (χ1v) is 9.26. The van der Waals surface area contributed by atoms with Crippen molar-refractivity contribution in [2.45, 2.75) is 19.3 Å². The first-order valence-electron chi connectivity index (χ1n) is 9.26. The maximum atomic E-state index is 12.2. The van der Waals surface area contributed by atoms with Gasteiger partial charge in [0.2, 0.25) is 11.8 Å². The maximum absolute atomic E-state index is 12.2. The summed E-state index contributed by atoms with van der Waals surface area (Å²) < 4.78 is 0. The van der Waals surface area contributed by atoms with E-state index >= 15 is 0 Å². The van der Waals surface area contributed by atoms with E-state index in [1.165, 1.54) is 0 Å². The van der Waals surface area contributed by atoms with Gasteiger partial charge in [0.05, 0.1) is 5.92 Å². The second-order valence-electron chi connectivity index (χ2n) is 6.92. The largest absolute Gasteiger partial charge is 0.352 e. The molecule has 3 N–H and O–H groups in total. The van der Waals surface area contributed by atoms with Gasteiger partial charge in [0, 0.05) is 44.7 Å². The zero-order valence-corrected chi connectivity index (χ0v) is 14.9. The lowest BCUT2D eigenvalue weighted by Crippen LogP contribution is -2.44. The minimum absolute atomic E-state index is 0.0781. The van der Waals surface area contributed by atoms with E-state index in [0.717, 1.165) is 44.7 Å². The number of carbonyl (C=O) groups is 3. The fourth-order valence-corrected chi connectivity index (χ4v) is 3.39. The molecule has 1 atom stereocenters. The van der Waals surface area contributed by atoms with Gasteiger partial charge >= 0.3 is 0 Å². The topological polar surface area (TPSA) is 90.5 Å². The molecule has 2 heterocycles. The first kappa shape index (κ1) is 18.5. The van der Waals surface area contributed by atoms with Gasteiger partial charge in [-0.25, -0.2) is 0 Å². The van der Waals surface area contributed by atoms with Crippen LogP contribution in [0.4, 0.5) is 0 Å². The summed E-state index contributed by atoms with van der Waals surface area (Å²) in [6.45, 7) is 5.88. The number of piperazine rings is 1. The van der Waals surface area contributed by atoms with Gasteiger partial charge in [-0.15, -0.1) is 0 Å². The standard InChI is InChI=1S/C19H26N4O3/c24-17-13-16(19(26)22-17)12-14-2-4-15(5-3-14)18(25)21-6-1-9-23-10-7-20-8-11-23/h2-5,16,20H,1,6-13H2,(H,21,25)(H,22,24,26). The monoisotopic (exact) mass is 358 g/mol. The van der Waals surface area contributed by atoms with Crippen LogP contribution >= 0.6 is 0 Å². The van der Waals surface area contributed by atoms with Gasteiger partial charge in [0.1, 0.15) is 0 Å². The summed E-state index contributed by atoms with van der Waals surface area (Å²) >= 11 is 0. The SMILES string of the molecule is O=C1CC(Cc2ccc(C(=O)NCCCN3CCNCC3)cc2)C(=O)N1. The highest BCUT2D eigenvalue weighted by Gasteiger charge is 2.30. The molecule has 1 aromatic rings. The maximum Gasteiger partial charge on any atom is 0.251 e. The molecule has 0 radical (unpaired) electrons. The molecule has 0 aromatic heterocycles. The molecular formula is C19H26N4O3. The van der Waals surface area contributed by atoms with Crippen LogP contribution in [-0.2, 0) is 16.0 Å². The molecule has 2 saturated heterocycles. The van der Waals surface area contributed by atoms with Crippen LogP contribution in [0.25, 0.3) is 0 Å². The number of benzene rings is 1. The average molecular weight is 358 g/mol. The number of amides is 3. The Labute approximate surface area is 153 Å². The van der Waals surface area contributed by atoms with Gasteiger partial charge in [-0.2, -0.15) is 0 Å². The van der Waals surface area contributed by atoms with E-state index in [4.69, 9.17) is 0 Å². The van der Waals surface area contributed by atoms with Crippen LogP contribution in [0.5, 0.6) is 0 Å². The second-order valence-corrected chi connectivity index (χ2v) is 6.92. The molecule has 26 heavy (non-hydrogen) atoms. The van der Waals surface area contributed by atoms with E-state index < -0.39 is 0 Å². The van der Waals surface area contributed by atoms with Crippen LogP contribution in [0.3, 0.4) is 0 Å². The van der Waals surface area contributed by atoms with Crippen molar-refractivity contribution < 1.29 is 14.4 Å². The number of imide groups is 1. The second kappa shape index (κ2) is 8.91. The van der Waals surface area contributed by atoms with Gasteiger partial charge in [0.25, 0.3) is 5.91 Å². The summed E-state index contributed by atoms with van der Waals surface area (Å²) in [6, 6.07) is 7.25. The Hall–Kier alpha value is -2.25. The summed E-state index contributed by atoms with van der Waals surface area (Å²) in [4.78, 5) is 37.5. The van der Waals surface area contributed by atoms with Gasteiger partial charge in [-0.3, -0.25) is 19.7 Å². The summed E-state index contributed by atoms with van der Waals surface area (Å²) in [5.41, 5.74) is 1.57. The molecule has 0 aliphatic carbocycles. The van der Waals surface area contributed by atoms with E-state index in [0.29, 0.717) is 18.5 Å². The zero-order chi connectivity index (χ0) is 18.4. The van der Waals surface area contributed by atoms with Gasteiger partial charge in [0.15, 0.2) is 0 Å². The molecular weight excluding hydrogens is 332 g/mol. The highest BCUT2D eigenvalue weighted by molar-refractivity contribution is 6.03. The van der Waals surface area contributed by atoms with Crippen molar-refractivity contribution in [1.82, 2.24) is 20.9 Å². The number of hydrogen-bond donors (Lipinski definition) is 3. The molecule has 2 aliphatic heterocycles. The van der Waals surface area contributed by atoms with Crippen molar-refractivity contribution in [3.05, 3.63) is 35.4 Å². The van der Waals surface area contributed by atoms with E-state index in [9.17, 15) is 14.4 Å². The molecule has 140 valence electrons. The van der Waals surface area contributed by atoms with Gasteiger partial charge in [-0.05, 0) is 37.1 Å². The Morgan fingerprint density at radius 1 is 1.15 bits per heavy atom. The van der Waals surface area contributed by atoms with Gasteiger partial charge < -0.3 is 15.5 Å². The molecule has 3 amide bonds. The third-order valence-corrected chi connectivity index (χ3v) is 4.91. The molecule has 1 aromatic carbocycles. The Balaban J connectivity index is 1.40. The smallest absolute Gasteiger partial charge is 0.251 e. The molecule has 7 nitrogen and oxygen atoms in total. The fraction of sp³-hybridized carbons (Fsp3) is 0.526. The molecule has 0 spiro atoms.